The number of nitrogens with zero attached hydrogens (tertiary/aromatic N) is 2. The number of hydrogen-bond acceptors (Lipinski definition) is 4. The first-order valence-electron chi connectivity index (χ1n) is 9.19. The van der Waals surface area contributed by atoms with Crippen molar-refractivity contribution in [3.05, 3.63) is 89.2 Å². The van der Waals surface area contributed by atoms with E-state index in [1.54, 1.807) is 18.2 Å². The minimum atomic E-state index is -4.73. The van der Waals surface area contributed by atoms with E-state index in [9.17, 15) is 26.4 Å². The molecule has 168 valence electrons. The third kappa shape index (κ3) is 5.57. The number of carbonyl (C=O) groups is 1. The van der Waals surface area contributed by atoms with E-state index in [4.69, 9.17) is 11.6 Å². The fourth-order valence-corrected chi connectivity index (χ4v) is 4.51. The van der Waals surface area contributed by atoms with Crippen molar-refractivity contribution in [3.63, 3.8) is 0 Å². The second-order valence-corrected chi connectivity index (χ2v) is 8.89. The maximum atomic E-state index is 13.3. The lowest BCUT2D eigenvalue weighted by atomic mass is 10.2. The second kappa shape index (κ2) is 9.58. The molecule has 0 unspecified atom stereocenters. The molecule has 1 aromatic heterocycles. The Bertz CT molecular complexity index is 1190. The van der Waals surface area contributed by atoms with Crippen LogP contribution in [0.15, 0.2) is 78.0 Å². The van der Waals surface area contributed by atoms with Crippen LogP contribution in [0.4, 0.5) is 18.9 Å². The minimum absolute atomic E-state index is 0.0803. The van der Waals surface area contributed by atoms with Crippen molar-refractivity contribution >= 4 is 33.2 Å². The van der Waals surface area contributed by atoms with E-state index in [0.717, 1.165) is 12.1 Å². The van der Waals surface area contributed by atoms with Crippen molar-refractivity contribution in [1.29, 1.82) is 0 Å². The Morgan fingerprint density at radius 2 is 1.69 bits per heavy atom. The number of anilines is 1. The van der Waals surface area contributed by atoms with Crippen LogP contribution in [-0.2, 0) is 27.5 Å². The van der Waals surface area contributed by atoms with E-state index >= 15 is 0 Å². The van der Waals surface area contributed by atoms with E-state index in [-0.39, 0.29) is 16.5 Å². The van der Waals surface area contributed by atoms with Crippen LogP contribution in [0.5, 0.6) is 0 Å². The van der Waals surface area contributed by atoms with E-state index < -0.39 is 39.9 Å². The predicted molar refractivity (Wildman–Crippen MR) is 114 cm³/mol. The van der Waals surface area contributed by atoms with Gasteiger partial charge in [-0.3, -0.25) is 14.1 Å². The molecule has 6 nitrogen and oxygen atoms in total. The van der Waals surface area contributed by atoms with Crippen LogP contribution in [0, 0.1) is 0 Å². The van der Waals surface area contributed by atoms with Crippen molar-refractivity contribution < 1.29 is 26.4 Å². The van der Waals surface area contributed by atoms with Crippen molar-refractivity contribution in [3.8, 4) is 0 Å². The number of carbonyl (C=O) groups excluding carboxylic acids is 1. The number of hydrogen-bond donors (Lipinski definition) is 1. The zero-order valence-electron chi connectivity index (χ0n) is 16.4. The summed E-state index contributed by atoms with van der Waals surface area (Å²) in [6.45, 7) is -0.694. The summed E-state index contributed by atoms with van der Waals surface area (Å²) >= 11 is 6.08. The molecule has 1 heterocycles. The number of nitrogens with one attached hydrogen (secondary N) is 1. The van der Waals surface area contributed by atoms with E-state index in [0.29, 0.717) is 15.9 Å². The number of amides is 1. The van der Waals surface area contributed by atoms with Crippen LogP contribution in [0.1, 0.15) is 11.1 Å². The fourth-order valence-electron chi connectivity index (χ4n) is 2.79. The number of pyridine rings is 1. The summed E-state index contributed by atoms with van der Waals surface area (Å²) in [4.78, 5) is 16.2. The Morgan fingerprint density at radius 3 is 2.31 bits per heavy atom. The molecule has 1 N–H and O–H groups in total. The van der Waals surface area contributed by atoms with Gasteiger partial charge in [0.1, 0.15) is 6.54 Å². The van der Waals surface area contributed by atoms with Crippen LogP contribution >= 0.6 is 11.6 Å². The van der Waals surface area contributed by atoms with Gasteiger partial charge in [0.25, 0.3) is 10.0 Å². The number of aromatic nitrogens is 1. The molecule has 0 atom stereocenters. The molecule has 0 bridgehead atoms. The molecule has 2 aromatic carbocycles. The third-order valence-corrected chi connectivity index (χ3v) is 6.49. The molecule has 3 rings (SSSR count). The highest BCUT2D eigenvalue weighted by molar-refractivity contribution is 7.92. The average molecular weight is 484 g/mol. The number of alkyl halides is 3. The summed E-state index contributed by atoms with van der Waals surface area (Å²) in [7, 11) is -4.41. The first-order valence-corrected chi connectivity index (χ1v) is 11.0. The van der Waals surface area contributed by atoms with Crippen LogP contribution in [0.2, 0.25) is 5.02 Å². The minimum Gasteiger partial charge on any atom is -0.350 e. The predicted octanol–water partition coefficient (Wildman–Crippen LogP) is 4.27. The molecule has 0 radical (unpaired) electrons. The first-order chi connectivity index (χ1) is 15.1. The molecule has 0 aliphatic rings. The van der Waals surface area contributed by atoms with E-state index in [1.165, 1.54) is 36.7 Å². The lowest BCUT2D eigenvalue weighted by Gasteiger charge is -2.25. The van der Waals surface area contributed by atoms with Gasteiger partial charge in [-0.1, -0.05) is 29.8 Å². The molecule has 0 aliphatic heterocycles. The van der Waals surface area contributed by atoms with Gasteiger partial charge < -0.3 is 5.32 Å². The summed E-state index contributed by atoms with van der Waals surface area (Å²) in [5.41, 5.74) is -0.838. The van der Waals surface area contributed by atoms with Crippen molar-refractivity contribution in [2.24, 2.45) is 0 Å². The average Bonchev–Trinajstić information content (AvgIpc) is 2.77. The van der Waals surface area contributed by atoms with Gasteiger partial charge in [-0.2, -0.15) is 13.2 Å². The molecular formula is C21H17ClF3N3O3S. The highest BCUT2D eigenvalue weighted by Crippen LogP contribution is 2.37. The molecule has 32 heavy (non-hydrogen) atoms. The Labute approximate surface area is 187 Å². The van der Waals surface area contributed by atoms with E-state index in [2.05, 4.69) is 10.3 Å². The van der Waals surface area contributed by atoms with Gasteiger partial charge in [0, 0.05) is 18.9 Å². The van der Waals surface area contributed by atoms with Gasteiger partial charge >= 0.3 is 6.18 Å². The van der Waals surface area contributed by atoms with Crippen molar-refractivity contribution in [2.45, 2.75) is 17.6 Å². The third-order valence-electron chi connectivity index (χ3n) is 4.40. The molecular weight excluding hydrogens is 467 g/mol. The standard InChI is InChI=1S/C21H17ClF3N3O3S/c22-18-7-6-16(21(23,24)25)12-19(18)28(32(30,31)17-4-2-1-3-5-17)14-20(29)27-13-15-8-10-26-11-9-15/h1-12H,13-14H2,(H,27,29). The maximum Gasteiger partial charge on any atom is 0.416 e. The highest BCUT2D eigenvalue weighted by atomic mass is 35.5. The largest absolute Gasteiger partial charge is 0.416 e. The smallest absolute Gasteiger partial charge is 0.350 e. The van der Waals surface area contributed by atoms with Gasteiger partial charge in [0.05, 0.1) is 21.2 Å². The van der Waals surface area contributed by atoms with Gasteiger partial charge in [-0.15, -0.1) is 0 Å². The highest BCUT2D eigenvalue weighted by Gasteiger charge is 2.34. The number of sulfonamides is 1. The molecule has 0 spiro atoms. The monoisotopic (exact) mass is 483 g/mol. The van der Waals surface area contributed by atoms with Crippen molar-refractivity contribution in [2.75, 3.05) is 10.8 Å². The summed E-state index contributed by atoms with van der Waals surface area (Å²) in [6, 6.07) is 12.7. The van der Waals surface area contributed by atoms with Gasteiger partial charge in [-0.25, -0.2) is 8.42 Å². The molecule has 0 fully saturated rings. The Balaban J connectivity index is 1.98. The molecule has 0 saturated carbocycles. The quantitative estimate of drug-likeness (QED) is 0.544. The zero-order valence-corrected chi connectivity index (χ0v) is 18.0. The topological polar surface area (TPSA) is 79.4 Å². The summed E-state index contributed by atoms with van der Waals surface area (Å²) in [5.74, 6) is -0.727. The number of rotatable bonds is 7. The van der Waals surface area contributed by atoms with Crippen molar-refractivity contribution in [1.82, 2.24) is 10.3 Å². The summed E-state index contributed by atoms with van der Waals surface area (Å²) in [5, 5.41) is 2.30. The molecule has 11 heteroatoms. The number of benzene rings is 2. The number of halogens is 4. The molecule has 0 aliphatic carbocycles. The Kier molecular flexibility index (Phi) is 7.05. The molecule has 3 aromatic rings. The van der Waals surface area contributed by atoms with Crippen LogP contribution < -0.4 is 9.62 Å². The lowest BCUT2D eigenvalue weighted by molar-refractivity contribution is -0.137. The first kappa shape index (κ1) is 23.6. The second-order valence-electron chi connectivity index (χ2n) is 6.62. The summed E-state index contributed by atoms with van der Waals surface area (Å²) < 4.78 is 66.9. The Morgan fingerprint density at radius 1 is 1.03 bits per heavy atom. The van der Waals surface area contributed by atoms with Crippen LogP contribution in [0.25, 0.3) is 0 Å². The fraction of sp³-hybridized carbons (Fsp3) is 0.143. The van der Waals surface area contributed by atoms with Gasteiger partial charge in [0.15, 0.2) is 0 Å². The molecule has 1 amide bonds. The van der Waals surface area contributed by atoms with Gasteiger partial charge in [-0.05, 0) is 48.0 Å². The maximum absolute atomic E-state index is 13.3. The van der Waals surface area contributed by atoms with Crippen LogP contribution in [-0.4, -0.2) is 25.9 Å². The van der Waals surface area contributed by atoms with E-state index in [1.807, 2.05) is 0 Å². The van der Waals surface area contributed by atoms with Crippen LogP contribution in [0.3, 0.4) is 0 Å². The SMILES string of the molecule is O=C(CN(c1cc(C(F)(F)F)ccc1Cl)S(=O)(=O)c1ccccc1)NCc1ccncc1. The molecule has 0 saturated heterocycles. The zero-order chi connectivity index (χ0) is 23.4. The lowest BCUT2D eigenvalue weighted by Crippen LogP contribution is -2.41. The van der Waals surface area contributed by atoms with Gasteiger partial charge in [0.2, 0.25) is 5.91 Å². The normalized spacial score (nSPS) is 11.8. The Hall–Kier alpha value is -3.11. The summed E-state index contributed by atoms with van der Waals surface area (Å²) in [6.07, 6.45) is -1.68.